The van der Waals surface area contributed by atoms with Crippen LogP contribution in [0.3, 0.4) is 0 Å². The van der Waals surface area contributed by atoms with Crippen LogP contribution in [0.15, 0.2) is 29.6 Å². The first kappa shape index (κ1) is 16.1. The van der Waals surface area contributed by atoms with Crippen LogP contribution >= 0.6 is 22.9 Å². The van der Waals surface area contributed by atoms with Crippen LogP contribution in [0.5, 0.6) is 0 Å². The minimum atomic E-state index is -0.404. The average Bonchev–Trinajstić information content (AvgIpc) is 3.26. The third-order valence-corrected chi connectivity index (χ3v) is 6.22. The summed E-state index contributed by atoms with van der Waals surface area (Å²) in [7, 11) is 0. The molecule has 1 aromatic carbocycles. The Bertz CT molecular complexity index is 774. The van der Waals surface area contributed by atoms with Crippen LogP contribution in [0.25, 0.3) is 0 Å². The molecule has 1 aromatic heterocycles. The van der Waals surface area contributed by atoms with Gasteiger partial charge in [-0.25, -0.2) is 4.39 Å². The van der Waals surface area contributed by atoms with E-state index < -0.39 is 5.82 Å². The summed E-state index contributed by atoms with van der Waals surface area (Å²) in [4.78, 5) is 15.3. The number of fused-ring (bicyclic) bond motifs is 1. The van der Waals surface area contributed by atoms with E-state index in [4.69, 9.17) is 11.6 Å². The quantitative estimate of drug-likeness (QED) is 0.857. The first-order valence-corrected chi connectivity index (χ1v) is 9.53. The van der Waals surface area contributed by atoms with E-state index >= 15 is 0 Å². The van der Waals surface area contributed by atoms with Gasteiger partial charge in [-0.1, -0.05) is 11.6 Å². The molecule has 1 aliphatic heterocycles. The Morgan fingerprint density at radius 1 is 1.38 bits per heavy atom. The third kappa shape index (κ3) is 3.21. The standard InChI is InChI=1S/C18H18ClFN2OS/c19-14-9-12(20)3-4-15(14)21-17(23)10-22-7-5-16-13(6-8-24-16)18(22)11-1-2-11/h3-4,6,8-9,11,18H,1-2,5,7,10H2,(H,21,23)/p+1/t18-/m1/s1. The average molecular weight is 366 g/mol. The number of benzene rings is 1. The monoisotopic (exact) mass is 365 g/mol. The van der Waals surface area contributed by atoms with Gasteiger partial charge in [-0.3, -0.25) is 4.79 Å². The van der Waals surface area contributed by atoms with Crippen LogP contribution in [-0.4, -0.2) is 19.0 Å². The van der Waals surface area contributed by atoms with Crippen molar-refractivity contribution in [2.45, 2.75) is 25.3 Å². The van der Waals surface area contributed by atoms with Crippen molar-refractivity contribution in [3.63, 3.8) is 0 Å². The van der Waals surface area contributed by atoms with Crippen LogP contribution in [0, 0.1) is 11.7 Å². The molecule has 1 aliphatic carbocycles. The number of nitrogens with one attached hydrogen (secondary N) is 2. The Labute approximate surface area is 149 Å². The van der Waals surface area contributed by atoms with Crippen LogP contribution in [-0.2, 0) is 11.2 Å². The van der Waals surface area contributed by atoms with E-state index in [1.807, 2.05) is 11.3 Å². The van der Waals surface area contributed by atoms with E-state index in [-0.39, 0.29) is 10.9 Å². The van der Waals surface area contributed by atoms with E-state index in [2.05, 4.69) is 16.8 Å². The predicted molar refractivity (Wildman–Crippen MR) is 94.2 cm³/mol. The lowest BCUT2D eigenvalue weighted by molar-refractivity contribution is -0.928. The molecule has 0 bridgehead atoms. The molecule has 1 saturated carbocycles. The van der Waals surface area contributed by atoms with Crippen molar-refractivity contribution < 1.29 is 14.1 Å². The number of quaternary nitrogens is 1. The van der Waals surface area contributed by atoms with E-state index in [9.17, 15) is 9.18 Å². The van der Waals surface area contributed by atoms with Crippen LogP contribution in [0.2, 0.25) is 5.02 Å². The maximum Gasteiger partial charge on any atom is 0.279 e. The maximum atomic E-state index is 13.1. The van der Waals surface area contributed by atoms with Crippen LogP contribution in [0.1, 0.15) is 29.3 Å². The van der Waals surface area contributed by atoms with Crippen molar-refractivity contribution in [2.24, 2.45) is 5.92 Å². The summed E-state index contributed by atoms with van der Waals surface area (Å²) >= 11 is 7.83. The topological polar surface area (TPSA) is 33.5 Å². The normalized spacial score (nSPS) is 22.9. The van der Waals surface area contributed by atoms with Crippen molar-refractivity contribution in [1.29, 1.82) is 0 Å². The van der Waals surface area contributed by atoms with Gasteiger partial charge in [0.1, 0.15) is 11.9 Å². The van der Waals surface area contributed by atoms with E-state index in [0.29, 0.717) is 24.2 Å². The van der Waals surface area contributed by atoms with Gasteiger partial charge in [-0.05, 0) is 42.5 Å². The molecule has 24 heavy (non-hydrogen) atoms. The number of anilines is 1. The summed E-state index contributed by atoms with van der Waals surface area (Å²) in [5.41, 5.74) is 1.91. The van der Waals surface area contributed by atoms with Gasteiger partial charge >= 0.3 is 0 Å². The first-order chi connectivity index (χ1) is 11.6. The number of halogens is 2. The zero-order valence-corrected chi connectivity index (χ0v) is 14.7. The minimum absolute atomic E-state index is 0.0668. The SMILES string of the molecule is O=C(C[NH+]1CCc2sccc2[C@H]1C1CC1)Nc1ccc(F)cc1Cl. The largest absolute Gasteiger partial charge is 0.320 e. The fraction of sp³-hybridized carbons (Fsp3) is 0.389. The molecule has 0 saturated heterocycles. The second kappa shape index (κ2) is 6.47. The molecule has 126 valence electrons. The lowest BCUT2D eigenvalue weighted by Crippen LogP contribution is -3.14. The number of hydrogen-bond donors (Lipinski definition) is 2. The summed E-state index contributed by atoms with van der Waals surface area (Å²) in [5.74, 6) is 0.233. The summed E-state index contributed by atoms with van der Waals surface area (Å²) in [6, 6.07) is 6.71. The fourth-order valence-electron chi connectivity index (χ4n) is 3.69. The molecule has 3 nitrogen and oxygen atoms in total. The zero-order chi connectivity index (χ0) is 16.7. The summed E-state index contributed by atoms with van der Waals surface area (Å²) in [6.07, 6.45) is 3.56. The smallest absolute Gasteiger partial charge is 0.279 e. The second-order valence-corrected chi connectivity index (χ2v) is 8.03. The number of carbonyl (C=O) groups excluding carboxylic acids is 1. The Kier molecular flexibility index (Phi) is 4.33. The first-order valence-electron chi connectivity index (χ1n) is 8.27. The summed E-state index contributed by atoms with van der Waals surface area (Å²) < 4.78 is 13.1. The Morgan fingerprint density at radius 2 is 2.21 bits per heavy atom. The minimum Gasteiger partial charge on any atom is -0.320 e. The molecule has 2 aromatic rings. The zero-order valence-electron chi connectivity index (χ0n) is 13.1. The number of rotatable bonds is 4. The third-order valence-electron chi connectivity index (χ3n) is 4.91. The van der Waals surface area contributed by atoms with Crippen molar-refractivity contribution in [2.75, 3.05) is 18.4 Å². The van der Waals surface area contributed by atoms with Gasteiger partial charge in [0.05, 0.1) is 17.3 Å². The van der Waals surface area contributed by atoms with Gasteiger partial charge in [0.15, 0.2) is 6.54 Å². The number of thiophene rings is 1. The number of hydrogen-bond acceptors (Lipinski definition) is 2. The van der Waals surface area contributed by atoms with E-state index in [1.165, 1.54) is 46.4 Å². The lowest BCUT2D eigenvalue weighted by atomic mass is 9.96. The molecule has 6 heteroatoms. The second-order valence-electron chi connectivity index (χ2n) is 6.62. The van der Waals surface area contributed by atoms with Crippen molar-refractivity contribution in [3.05, 3.63) is 50.9 Å². The Hall–Kier alpha value is -1.43. The number of amides is 1. The van der Waals surface area contributed by atoms with Gasteiger partial charge in [-0.15, -0.1) is 11.3 Å². The molecule has 0 radical (unpaired) electrons. The summed E-state index contributed by atoms with van der Waals surface area (Å²) in [5, 5.41) is 5.23. The van der Waals surface area contributed by atoms with Crippen molar-refractivity contribution in [1.82, 2.24) is 0 Å². The van der Waals surface area contributed by atoms with Gasteiger partial charge in [0.2, 0.25) is 0 Å². The Balaban J connectivity index is 1.47. The molecule has 4 rings (SSSR count). The van der Waals surface area contributed by atoms with Gasteiger partial charge in [0, 0.05) is 22.8 Å². The molecule has 1 unspecified atom stereocenters. The predicted octanol–water partition coefficient (Wildman–Crippen LogP) is 3.07. The molecular formula is C18H19ClFN2OS+. The molecule has 2 atom stereocenters. The number of carbonyl (C=O) groups is 1. The van der Waals surface area contributed by atoms with Crippen LogP contribution in [0.4, 0.5) is 10.1 Å². The van der Waals surface area contributed by atoms with Crippen molar-refractivity contribution >= 4 is 34.5 Å². The highest BCUT2D eigenvalue weighted by Crippen LogP contribution is 2.42. The van der Waals surface area contributed by atoms with E-state index in [1.54, 1.807) is 0 Å². The van der Waals surface area contributed by atoms with Gasteiger partial charge in [-0.2, -0.15) is 0 Å². The van der Waals surface area contributed by atoms with Gasteiger partial charge < -0.3 is 10.2 Å². The molecular weight excluding hydrogens is 347 g/mol. The highest BCUT2D eigenvalue weighted by Gasteiger charge is 2.43. The fourth-order valence-corrected chi connectivity index (χ4v) is 4.83. The van der Waals surface area contributed by atoms with Crippen LogP contribution < -0.4 is 10.2 Å². The maximum absolute atomic E-state index is 13.1. The summed E-state index contributed by atoms with van der Waals surface area (Å²) in [6.45, 7) is 1.41. The molecule has 2 N–H and O–H groups in total. The van der Waals surface area contributed by atoms with Gasteiger partial charge in [0.25, 0.3) is 5.91 Å². The molecule has 2 heterocycles. The van der Waals surface area contributed by atoms with Crippen molar-refractivity contribution in [3.8, 4) is 0 Å². The highest BCUT2D eigenvalue weighted by atomic mass is 35.5. The molecule has 2 aliphatic rings. The molecule has 1 fully saturated rings. The highest BCUT2D eigenvalue weighted by molar-refractivity contribution is 7.10. The van der Waals surface area contributed by atoms with E-state index in [0.717, 1.165) is 13.0 Å². The molecule has 0 spiro atoms. The Morgan fingerprint density at radius 3 is 2.96 bits per heavy atom. The molecule has 1 amide bonds. The lowest BCUT2D eigenvalue weighted by Gasteiger charge is -2.32.